The zero-order valence-corrected chi connectivity index (χ0v) is 9.43. The molecule has 1 aliphatic heterocycles. The Bertz CT molecular complexity index is 341. The number of anilines is 1. The summed E-state index contributed by atoms with van der Waals surface area (Å²) in [5.41, 5.74) is 6.13. The van der Waals surface area contributed by atoms with Crippen LogP contribution >= 0.6 is 0 Å². The molecule has 1 aromatic carbocycles. The summed E-state index contributed by atoms with van der Waals surface area (Å²) in [5, 5.41) is 0. The Balaban J connectivity index is 2.50. The van der Waals surface area contributed by atoms with Crippen LogP contribution in [0.25, 0.3) is 0 Å². The van der Waals surface area contributed by atoms with Crippen molar-refractivity contribution in [3.05, 3.63) is 28.8 Å². The maximum Gasteiger partial charge on any atom is 0.0402 e. The van der Waals surface area contributed by atoms with Gasteiger partial charge in [-0.15, -0.1) is 0 Å². The molecule has 0 aromatic heterocycles. The van der Waals surface area contributed by atoms with E-state index in [0.717, 1.165) is 6.54 Å². The molecule has 0 aliphatic carbocycles. The number of fused-ring (bicyclic) bond motifs is 1. The summed E-state index contributed by atoms with van der Waals surface area (Å²) < 4.78 is 0. The summed E-state index contributed by atoms with van der Waals surface area (Å²) in [6, 6.07) is 4.56. The highest BCUT2D eigenvalue weighted by Crippen LogP contribution is 2.32. The fourth-order valence-corrected chi connectivity index (χ4v) is 2.56. The molecule has 0 saturated heterocycles. The Morgan fingerprint density at radius 3 is 2.71 bits per heavy atom. The van der Waals surface area contributed by atoms with Crippen LogP contribution in [0.2, 0.25) is 0 Å². The fourth-order valence-electron chi connectivity index (χ4n) is 2.56. The number of hydrogen-bond donors (Lipinski definition) is 0. The first-order valence-corrected chi connectivity index (χ1v) is 5.64. The van der Waals surface area contributed by atoms with Crippen molar-refractivity contribution < 1.29 is 0 Å². The van der Waals surface area contributed by atoms with Crippen molar-refractivity contribution >= 4 is 5.69 Å². The molecule has 2 rings (SSSR count). The van der Waals surface area contributed by atoms with Crippen molar-refractivity contribution in [3.63, 3.8) is 0 Å². The fraction of sp³-hybridized carbons (Fsp3) is 0.538. The van der Waals surface area contributed by atoms with Gasteiger partial charge in [-0.05, 0) is 49.4 Å². The first-order chi connectivity index (χ1) is 6.77. The average molecular weight is 189 g/mol. The molecule has 0 fully saturated rings. The van der Waals surface area contributed by atoms with E-state index in [-0.39, 0.29) is 0 Å². The maximum atomic E-state index is 2.48. The predicted octanol–water partition coefficient (Wildman–Crippen LogP) is 2.94. The highest BCUT2D eigenvalue weighted by molar-refractivity contribution is 5.62. The van der Waals surface area contributed by atoms with E-state index in [1.165, 1.54) is 30.6 Å². The minimum atomic E-state index is 1.14. The van der Waals surface area contributed by atoms with E-state index in [1.54, 1.807) is 11.1 Å². The van der Waals surface area contributed by atoms with Gasteiger partial charge in [0.25, 0.3) is 0 Å². The highest BCUT2D eigenvalue weighted by Gasteiger charge is 2.20. The number of nitrogens with zero attached hydrogens (tertiary/aromatic N) is 1. The number of aryl methyl sites for hydroxylation is 1. The van der Waals surface area contributed by atoms with Crippen molar-refractivity contribution in [2.24, 2.45) is 0 Å². The number of hydrogen-bond acceptors (Lipinski definition) is 1. The topological polar surface area (TPSA) is 3.24 Å². The van der Waals surface area contributed by atoms with Gasteiger partial charge in [-0.25, -0.2) is 0 Å². The lowest BCUT2D eigenvalue weighted by Crippen LogP contribution is -2.19. The van der Waals surface area contributed by atoms with Crippen LogP contribution in [0.4, 0.5) is 5.69 Å². The summed E-state index contributed by atoms with van der Waals surface area (Å²) >= 11 is 0. The van der Waals surface area contributed by atoms with E-state index >= 15 is 0 Å². The monoisotopic (exact) mass is 189 g/mol. The first-order valence-electron chi connectivity index (χ1n) is 5.64. The van der Waals surface area contributed by atoms with Crippen LogP contribution in [0.5, 0.6) is 0 Å². The van der Waals surface area contributed by atoms with Gasteiger partial charge in [0, 0.05) is 18.8 Å². The molecule has 1 heterocycles. The Labute approximate surface area is 86.7 Å². The van der Waals surface area contributed by atoms with E-state index in [2.05, 4.69) is 37.8 Å². The lowest BCUT2D eigenvalue weighted by molar-refractivity contribution is 0.866. The Hall–Kier alpha value is -0.980. The van der Waals surface area contributed by atoms with Gasteiger partial charge in [-0.3, -0.25) is 0 Å². The molecule has 0 atom stereocenters. The van der Waals surface area contributed by atoms with Crippen molar-refractivity contribution in [1.82, 2.24) is 0 Å². The smallest absolute Gasteiger partial charge is 0.0402 e. The molecule has 0 radical (unpaired) electrons. The van der Waals surface area contributed by atoms with Crippen LogP contribution in [0.15, 0.2) is 12.1 Å². The van der Waals surface area contributed by atoms with Gasteiger partial charge in [-0.1, -0.05) is 13.0 Å². The molecular formula is C13H19N. The molecular weight excluding hydrogens is 170 g/mol. The van der Waals surface area contributed by atoms with E-state index < -0.39 is 0 Å². The first kappa shape index (κ1) is 9.57. The molecule has 1 aliphatic rings. The summed E-state index contributed by atoms with van der Waals surface area (Å²) in [6.45, 7) is 9.08. The van der Waals surface area contributed by atoms with E-state index in [4.69, 9.17) is 0 Å². The van der Waals surface area contributed by atoms with Gasteiger partial charge in [0.1, 0.15) is 0 Å². The molecule has 76 valence electrons. The van der Waals surface area contributed by atoms with E-state index in [9.17, 15) is 0 Å². The minimum Gasteiger partial charge on any atom is -0.371 e. The zero-order valence-electron chi connectivity index (χ0n) is 9.43. The lowest BCUT2D eigenvalue weighted by atomic mass is 9.98. The van der Waals surface area contributed by atoms with Crippen molar-refractivity contribution in [1.29, 1.82) is 0 Å². The summed E-state index contributed by atoms with van der Waals surface area (Å²) in [4.78, 5) is 2.48. The molecule has 0 saturated carbocycles. The molecule has 0 bridgehead atoms. The molecule has 1 heteroatoms. The van der Waals surface area contributed by atoms with Gasteiger partial charge in [-0.2, -0.15) is 0 Å². The second-order valence-corrected chi connectivity index (χ2v) is 4.04. The number of likely N-dealkylation sites (N-methyl/N-ethyl adjacent to an activating group) is 1. The maximum absolute atomic E-state index is 2.48. The largest absolute Gasteiger partial charge is 0.371 e. The van der Waals surface area contributed by atoms with E-state index in [1.807, 2.05) is 0 Å². The van der Waals surface area contributed by atoms with Gasteiger partial charge in [0.15, 0.2) is 0 Å². The second-order valence-electron chi connectivity index (χ2n) is 4.04. The number of benzene rings is 1. The van der Waals surface area contributed by atoms with Crippen LogP contribution in [-0.2, 0) is 12.8 Å². The van der Waals surface area contributed by atoms with Gasteiger partial charge in [0.05, 0.1) is 0 Å². The van der Waals surface area contributed by atoms with Crippen LogP contribution in [0.3, 0.4) is 0 Å². The van der Waals surface area contributed by atoms with Gasteiger partial charge >= 0.3 is 0 Å². The molecule has 0 spiro atoms. The summed E-state index contributed by atoms with van der Waals surface area (Å²) in [6.07, 6.45) is 2.42. The quantitative estimate of drug-likeness (QED) is 0.691. The Morgan fingerprint density at radius 1 is 1.29 bits per heavy atom. The third-order valence-corrected chi connectivity index (χ3v) is 3.35. The molecule has 1 aromatic rings. The van der Waals surface area contributed by atoms with Gasteiger partial charge < -0.3 is 4.90 Å². The molecule has 0 N–H and O–H groups in total. The molecule has 1 nitrogen and oxygen atoms in total. The third kappa shape index (κ3) is 1.31. The summed E-state index contributed by atoms with van der Waals surface area (Å²) in [7, 11) is 0. The SMILES string of the molecule is CCc1c(C)ccc2c1CCN2CC. The molecule has 14 heavy (non-hydrogen) atoms. The van der Waals surface area contributed by atoms with Crippen LogP contribution in [0, 0.1) is 6.92 Å². The summed E-state index contributed by atoms with van der Waals surface area (Å²) in [5.74, 6) is 0. The average Bonchev–Trinajstić information content (AvgIpc) is 2.60. The van der Waals surface area contributed by atoms with Crippen LogP contribution in [-0.4, -0.2) is 13.1 Å². The number of rotatable bonds is 2. The lowest BCUT2D eigenvalue weighted by Gasteiger charge is -2.17. The normalized spacial score (nSPS) is 14.6. The van der Waals surface area contributed by atoms with Crippen LogP contribution in [0.1, 0.15) is 30.5 Å². The van der Waals surface area contributed by atoms with E-state index in [0.29, 0.717) is 0 Å². The second kappa shape index (κ2) is 3.64. The third-order valence-electron chi connectivity index (χ3n) is 3.35. The Morgan fingerprint density at radius 2 is 2.07 bits per heavy atom. The Kier molecular flexibility index (Phi) is 2.49. The predicted molar refractivity (Wildman–Crippen MR) is 62.1 cm³/mol. The highest BCUT2D eigenvalue weighted by atomic mass is 15.1. The van der Waals surface area contributed by atoms with Crippen molar-refractivity contribution in [2.45, 2.75) is 33.6 Å². The van der Waals surface area contributed by atoms with Crippen molar-refractivity contribution in [3.8, 4) is 0 Å². The minimum absolute atomic E-state index is 1.14. The standard InChI is InChI=1S/C13H19N/c1-4-11-10(3)6-7-13-12(11)8-9-14(13)5-2/h6-7H,4-5,8-9H2,1-3H3. The zero-order chi connectivity index (χ0) is 10.1. The van der Waals surface area contributed by atoms with Gasteiger partial charge in [0.2, 0.25) is 0 Å². The molecule has 0 amide bonds. The van der Waals surface area contributed by atoms with Crippen LogP contribution < -0.4 is 4.90 Å². The van der Waals surface area contributed by atoms with Crippen molar-refractivity contribution in [2.75, 3.05) is 18.0 Å². The molecule has 0 unspecified atom stereocenters.